The van der Waals surface area contributed by atoms with E-state index in [9.17, 15) is 14.9 Å². The first kappa shape index (κ1) is 13.1. The molecule has 1 aromatic rings. The molecule has 0 aliphatic carbocycles. The quantitative estimate of drug-likeness (QED) is 0.639. The van der Waals surface area contributed by atoms with Gasteiger partial charge >= 0.3 is 0 Å². The molecule has 7 heteroatoms. The van der Waals surface area contributed by atoms with Gasteiger partial charge in [-0.1, -0.05) is 0 Å². The molecule has 1 amide bonds. The smallest absolute Gasteiger partial charge is 0.287 e. The lowest BCUT2D eigenvalue weighted by molar-refractivity contribution is -0.384. The first-order valence-electron chi connectivity index (χ1n) is 6.83. The van der Waals surface area contributed by atoms with Crippen LogP contribution in [0.1, 0.15) is 23.8 Å². The van der Waals surface area contributed by atoms with Gasteiger partial charge in [-0.2, -0.15) is 0 Å². The van der Waals surface area contributed by atoms with Crippen molar-refractivity contribution >= 4 is 11.6 Å². The molecule has 2 fully saturated rings. The van der Waals surface area contributed by atoms with Crippen LogP contribution in [0, 0.1) is 16.0 Å². The number of hydrogen-bond donors (Lipinski definition) is 1. The number of aromatic nitrogens is 1. The molecule has 2 saturated heterocycles. The summed E-state index contributed by atoms with van der Waals surface area (Å²) in [4.78, 5) is 25.0. The van der Waals surface area contributed by atoms with Crippen LogP contribution >= 0.6 is 0 Å². The summed E-state index contributed by atoms with van der Waals surface area (Å²) in [6, 6.07) is 1.77. The SMILES string of the molecule is CC1CC2CNCC2N1C(=O)c1cc([N+](=O)[O-])cn1C. The van der Waals surface area contributed by atoms with Crippen molar-refractivity contribution in [3.05, 3.63) is 28.1 Å². The van der Waals surface area contributed by atoms with Crippen LogP contribution in [-0.2, 0) is 7.05 Å². The maximum Gasteiger partial charge on any atom is 0.287 e. The summed E-state index contributed by atoms with van der Waals surface area (Å²) in [7, 11) is 1.67. The molecule has 2 aliphatic rings. The topological polar surface area (TPSA) is 80.4 Å². The zero-order valence-electron chi connectivity index (χ0n) is 11.6. The normalized spacial score (nSPS) is 28.7. The van der Waals surface area contributed by atoms with Gasteiger partial charge in [-0.15, -0.1) is 0 Å². The zero-order valence-corrected chi connectivity index (χ0v) is 11.6. The lowest BCUT2D eigenvalue weighted by Crippen LogP contribution is -2.43. The highest BCUT2D eigenvalue weighted by Crippen LogP contribution is 2.33. The Labute approximate surface area is 116 Å². The van der Waals surface area contributed by atoms with E-state index in [1.54, 1.807) is 11.6 Å². The van der Waals surface area contributed by atoms with E-state index in [0.29, 0.717) is 11.6 Å². The van der Waals surface area contributed by atoms with E-state index in [-0.39, 0.29) is 23.7 Å². The number of aryl methyl sites for hydroxylation is 1. The molecule has 20 heavy (non-hydrogen) atoms. The molecule has 3 atom stereocenters. The molecule has 108 valence electrons. The summed E-state index contributed by atoms with van der Waals surface area (Å²) in [6.07, 6.45) is 2.38. The largest absolute Gasteiger partial charge is 0.340 e. The van der Waals surface area contributed by atoms with Crippen molar-refractivity contribution in [2.45, 2.75) is 25.4 Å². The number of fused-ring (bicyclic) bond motifs is 1. The molecule has 0 radical (unpaired) electrons. The van der Waals surface area contributed by atoms with Crippen molar-refractivity contribution in [1.29, 1.82) is 0 Å². The van der Waals surface area contributed by atoms with Crippen molar-refractivity contribution in [2.24, 2.45) is 13.0 Å². The van der Waals surface area contributed by atoms with Crippen LogP contribution in [0.4, 0.5) is 5.69 Å². The monoisotopic (exact) mass is 278 g/mol. The highest BCUT2D eigenvalue weighted by atomic mass is 16.6. The molecule has 0 aromatic carbocycles. The van der Waals surface area contributed by atoms with E-state index in [4.69, 9.17) is 0 Å². The molecule has 3 rings (SSSR count). The Morgan fingerprint density at radius 1 is 1.50 bits per heavy atom. The third kappa shape index (κ3) is 1.89. The number of amides is 1. The Balaban J connectivity index is 1.90. The van der Waals surface area contributed by atoms with Gasteiger partial charge in [-0.3, -0.25) is 14.9 Å². The number of carbonyl (C=O) groups excluding carboxylic acids is 1. The molecule has 0 bridgehead atoms. The minimum absolute atomic E-state index is 0.0382. The molecule has 2 aliphatic heterocycles. The average molecular weight is 278 g/mol. The number of nitrogens with one attached hydrogen (secondary N) is 1. The molecule has 7 nitrogen and oxygen atoms in total. The number of rotatable bonds is 2. The molecule has 3 heterocycles. The fraction of sp³-hybridized carbons (Fsp3) is 0.615. The average Bonchev–Trinajstić information content (AvgIpc) is 3.02. The predicted octanol–water partition coefficient (Wildman–Crippen LogP) is 0.756. The number of carbonyl (C=O) groups is 1. The summed E-state index contributed by atoms with van der Waals surface area (Å²) >= 11 is 0. The second-order valence-corrected chi connectivity index (χ2v) is 5.73. The lowest BCUT2D eigenvalue weighted by Gasteiger charge is -2.27. The van der Waals surface area contributed by atoms with E-state index in [1.165, 1.54) is 12.3 Å². The van der Waals surface area contributed by atoms with E-state index < -0.39 is 4.92 Å². The lowest BCUT2D eigenvalue weighted by atomic mass is 10.0. The van der Waals surface area contributed by atoms with E-state index in [2.05, 4.69) is 5.32 Å². The molecule has 0 saturated carbocycles. The van der Waals surface area contributed by atoms with Crippen molar-refractivity contribution in [3.8, 4) is 0 Å². The molecular formula is C13H18N4O3. The van der Waals surface area contributed by atoms with Crippen molar-refractivity contribution in [2.75, 3.05) is 13.1 Å². The minimum Gasteiger partial charge on any atom is -0.340 e. The molecule has 3 unspecified atom stereocenters. The highest BCUT2D eigenvalue weighted by molar-refractivity contribution is 5.94. The van der Waals surface area contributed by atoms with Crippen molar-refractivity contribution in [1.82, 2.24) is 14.8 Å². The molecule has 1 N–H and O–H groups in total. The van der Waals surface area contributed by atoms with Gasteiger partial charge in [-0.25, -0.2) is 0 Å². The number of nitrogens with zero attached hydrogens (tertiary/aromatic N) is 3. The van der Waals surface area contributed by atoms with E-state index in [0.717, 1.165) is 19.5 Å². The van der Waals surface area contributed by atoms with Crippen LogP contribution in [0.15, 0.2) is 12.3 Å². The predicted molar refractivity (Wildman–Crippen MR) is 72.5 cm³/mol. The third-order valence-corrected chi connectivity index (χ3v) is 4.44. The summed E-state index contributed by atoms with van der Waals surface area (Å²) in [5, 5.41) is 14.1. The minimum atomic E-state index is -0.468. The van der Waals surface area contributed by atoms with Crippen molar-refractivity contribution in [3.63, 3.8) is 0 Å². The van der Waals surface area contributed by atoms with Gasteiger partial charge in [0.1, 0.15) is 5.69 Å². The highest BCUT2D eigenvalue weighted by Gasteiger charge is 2.44. The Hall–Kier alpha value is -1.89. The second-order valence-electron chi connectivity index (χ2n) is 5.73. The van der Waals surface area contributed by atoms with Crippen LogP contribution in [0.3, 0.4) is 0 Å². The Morgan fingerprint density at radius 3 is 2.90 bits per heavy atom. The molecule has 1 aromatic heterocycles. The Kier molecular flexibility index (Phi) is 3.01. The maximum atomic E-state index is 12.7. The van der Waals surface area contributed by atoms with E-state index in [1.807, 2.05) is 11.8 Å². The van der Waals surface area contributed by atoms with Crippen LogP contribution < -0.4 is 5.32 Å². The number of likely N-dealkylation sites (tertiary alicyclic amines) is 1. The van der Waals surface area contributed by atoms with Gasteiger partial charge in [0.05, 0.1) is 11.1 Å². The third-order valence-electron chi connectivity index (χ3n) is 4.44. The Morgan fingerprint density at radius 2 is 2.25 bits per heavy atom. The molecule has 0 spiro atoms. The van der Waals surface area contributed by atoms with Crippen LogP contribution in [0.25, 0.3) is 0 Å². The maximum absolute atomic E-state index is 12.7. The first-order chi connectivity index (χ1) is 9.49. The van der Waals surface area contributed by atoms with Crippen molar-refractivity contribution < 1.29 is 9.72 Å². The first-order valence-corrected chi connectivity index (χ1v) is 6.83. The fourth-order valence-corrected chi connectivity index (χ4v) is 3.51. The fourth-order valence-electron chi connectivity index (χ4n) is 3.51. The Bertz CT molecular complexity index is 568. The standard InChI is InChI=1S/C13H18N4O3/c1-8-3-9-5-14-6-12(9)16(8)13(18)11-4-10(17(19)20)7-15(11)2/h4,7-9,12,14H,3,5-6H2,1-2H3. The summed E-state index contributed by atoms with van der Waals surface area (Å²) in [5.74, 6) is 0.397. The van der Waals surface area contributed by atoms with Crippen LogP contribution in [0.2, 0.25) is 0 Å². The number of nitro groups is 1. The summed E-state index contributed by atoms with van der Waals surface area (Å²) in [5.41, 5.74) is 0.347. The van der Waals surface area contributed by atoms with Gasteiger partial charge in [0.25, 0.3) is 11.6 Å². The summed E-state index contributed by atoms with van der Waals surface area (Å²) < 4.78 is 1.54. The van der Waals surface area contributed by atoms with Gasteiger partial charge in [0.15, 0.2) is 0 Å². The zero-order chi connectivity index (χ0) is 14.4. The van der Waals surface area contributed by atoms with Crippen LogP contribution in [-0.4, -0.2) is 45.5 Å². The number of hydrogen-bond acceptors (Lipinski definition) is 4. The van der Waals surface area contributed by atoms with E-state index >= 15 is 0 Å². The van der Waals surface area contributed by atoms with Gasteiger partial charge < -0.3 is 14.8 Å². The van der Waals surface area contributed by atoms with Gasteiger partial charge in [0.2, 0.25) is 0 Å². The summed E-state index contributed by atoms with van der Waals surface area (Å²) in [6.45, 7) is 3.81. The van der Waals surface area contributed by atoms with Crippen LogP contribution in [0.5, 0.6) is 0 Å². The molecular weight excluding hydrogens is 260 g/mol. The van der Waals surface area contributed by atoms with Gasteiger partial charge in [0, 0.05) is 38.3 Å². The second kappa shape index (κ2) is 4.59. The van der Waals surface area contributed by atoms with Gasteiger partial charge in [-0.05, 0) is 19.3 Å².